The number of nitrogens with one attached hydrogen (secondary N) is 1. The van der Waals surface area contributed by atoms with E-state index in [1.807, 2.05) is 31.2 Å². The highest BCUT2D eigenvalue weighted by atomic mass is 19.1. The number of aryl methyl sites for hydroxylation is 1. The van der Waals surface area contributed by atoms with Crippen LogP contribution in [0.25, 0.3) is 0 Å². The molecule has 0 spiro atoms. The van der Waals surface area contributed by atoms with Crippen molar-refractivity contribution in [2.75, 3.05) is 13.1 Å². The van der Waals surface area contributed by atoms with Crippen LogP contribution in [0.15, 0.2) is 53.3 Å². The lowest BCUT2D eigenvalue weighted by molar-refractivity contribution is 0.0705. The molecule has 29 heavy (non-hydrogen) atoms. The SMILES string of the molecule is Cc1ccc(Cn2c(C3CCN(C(=O)c4ccccc4F)CC3)n[nH]c2=O)cc1. The minimum Gasteiger partial charge on any atom is -0.339 e. The number of carbonyl (C=O) groups is 1. The third-order valence-electron chi connectivity index (χ3n) is 5.50. The summed E-state index contributed by atoms with van der Waals surface area (Å²) in [6.45, 7) is 3.49. The fourth-order valence-corrected chi connectivity index (χ4v) is 3.82. The van der Waals surface area contributed by atoms with Crippen molar-refractivity contribution < 1.29 is 9.18 Å². The van der Waals surface area contributed by atoms with Crippen LogP contribution in [0.2, 0.25) is 0 Å². The van der Waals surface area contributed by atoms with E-state index in [0.29, 0.717) is 38.3 Å². The molecule has 1 aliphatic rings. The Labute approximate surface area is 168 Å². The summed E-state index contributed by atoms with van der Waals surface area (Å²) in [6.07, 6.45) is 1.36. The first-order valence-corrected chi connectivity index (χ1v) is 9.77. The Kier molecular flexibility index (Phi) is 5.29. The van der Waals surface area contributed by atoms with E-state index >= 15 is 0 Å². The van der Waals surface area contributed by atoms with Gasteiger partial charge in [-0.1, -0.05) is 42.0 Å². The summed E-state index contributed by atoms with van der Waals surface area (Å²) < 4.78 is 15.6. The van der Waals surface area contributed by atoms with Crippen molar-refractivity contribution in [1.82, 2.24) is 19.7 Å². The van der Waals surface area contributed by atoms with Crippen LogP contribution in [0.5, 0.6) is 0 Å². The smallest absolute Gasteiger partial charge is 0.339 e. The molecular weight excluding hydrogens is 371 g/mol. The first-order chi connectivity index (χ1) is 14.0. The van der Waals surface area contributed by atoms with Gasteiger partial charge in [-0.05, 0) is 37.5 Å². The number of halogens is 1. The topological polar surface area (TPSA) is 71.0 Å². The van der Waals surface area contributed by atoms with Crippen molar-refractivity contribution in [2.45, 2.75) is 32.2 Å². The van der Waals surface area contributed by atoms with E-state index in [1.165, 1.54) is 17.7 Å². The van der Waals surface area contributed by atoms with E-state index < -0.39 is 5.82 Å². The van der Waals surface area contributed by atoms with Gasteiger partial charge < -0.3 is 4.90 Å². The second-order valence-corrected chi connectivity index (χ2v) is 7.51. The number of rotatable bonds is 4. The van der Waals surface area contributed by atoms with Gasteiger partial charge in [0.1, 0.15) is 11.6 Å². The maximum Gasteiger partial charge on any atom is 0.343 e. The highest BCUT2D eigenvalue weighted by Crippen LogP contribution is 2.27. The summed E-state index contributed by atoms with van der Waals surface area (Å²) in [4.78, 5) is 26.6. The fourth-order valence-electron chi connectivity index (χ4n) is 3.82. The molecule has 7 heteroatoms. The fraction of sp³-hybridized carbons (Fsp3) is 0.318. The Balaban J connectivity index is 1.46. The Bertz CT molecular complexity index is 1060. The summed E-state index contributed by atoms with van der Waals surface area (Å²) in [6, 6.07) is 14.1. The van der Waals surface area contributed by atoms with Gasteiger partial charge in [0.05, 0.1) is 12.1 Å². The van der Waals surface area contributed by atoms with Crippen LogP contribution < -0.4 is 5.69 Å². The van der Waals surface area contributed by atoms with Crippen molar-refractivity contribution >= 4 is 5.91 Å². The van der Waals surface area contributed by atoms with Crippen molar-refractivity contribution in [2.24, 2.45) is 0 Å². The number of aromatic amines is 1. The number of nitrogens with zero attached hydrogens (tertiary/aromatic N) is 3. The van der Waals surface area contributed by atoms with Gasteiger partial charge in [0.25, 0.3) is 5.91 Å². The number of piperidine rings is 1. The zero-order valence-corrected chi connectivity index (χ0v) is 16.3. The molecule has 1 aromatic heterocycles. The molecule has 1 N–H and O–H groups in total. The first kappa shape index (κ1) is 19.1. The number of hydrogen-bond donors (Lipinski definition) is 1. The van der Waals surface area contributed by atoms with Crippen molar-refractivity contribution in [3.8, 4) is 0 Å². The molecule has 3 aromatic rings. The molecule has 150 valence electrons. The van der Waals surface area contributed by atoms with E-state index in [2.05, 4.69) is 10.2 Å². The standard InChI is InChI=1S/C22H23FN4O2/c1-15-6-8-16(9-7-15)14-27-20(24-25-22(27)29)17-10-12-26(13-11-17)21(28)18-4-2-3-5-19(18)23/h2-9,17H,10-14H2,1H3,(H,25,29). The second kappa shape index (κ2) is 8.03. The lowest BCUT2D eigenvalue weighted by atomic mass is 9.95. The normalized spacial score (nSPS) is 14.9. The van der Waals surface area contributed by atoms with Crippen LogP contribution in [0, 0.1) is 12.7 Å². The summed E-state index contributed by atoms with van der Waals surface area (Å²) in [7, 11) is 0. The van der Waals surface area contributed by atoms with Crippen LogP contribution in [0.4, 0.5) is 4.39 Å². The summed E-state index contributed by atoms with van der Waals surface area (Å²) in [5, 5.41) is 6.82. The molecule has 0 unspecified atom stereocenters. The molecule has 1 saturated heterocycles. The lowest BCUT2D eigenvalue weighted by Crippen LogP contribution is -2.39. The second-order valence-electron chi connectivity index (χ2n) is 7.51. The Morgan fingerprint density at radius 1 is 1.14 bits per heavy atom. The molecule has 1 fully saturated rings. The third kappa shape index (κ3) is 3.99. The number of benzene rings is 2. The van der Waals surface area contributed by atoms with Gasteiger partial charge >= 0.3 is 5.69 Å². The van der Waals surface area contributed by atoms with E-state index in [0.717, 1.165) is 5.56 Å². The van der Waals surface area contributed by atoms with Crippen LogP contribution in [-0.2, 0) is 6.54 Å². The van der Waals surface area contributed by atoms with E-state index in [4.69, 9.17) is 0 Å². The van der Waals surface area contributed by atoms with E-state index in [9.17, 15) is 14.0 Å². The molecule has 0 radical (unpaired) electrons. The van der Waals surface area contributed by atoms with Crippen molar-refractivity contribution in [3.05, 3.63) is 87.3 Å². The summed E-state index contributed by atoms with van der Waals surface area (Å²) in [5.74, 6) is -0.00267. The zero-order chi connectivity index (χ0) is 20.4. The van der Waals surface area contributed by atoms with Gasteiger partial charge in [-0.15, -0.1) is 0 Å². The molecule has 2 aromatic carbocycles. The number of carbonyl (C=O) groups excluding carboxylic acids is 1. The first-order valence-electron chi connectivity index (χ1n) is 9.77. The molecule has 0 bridgehead atoms. The van der Waals surface area contributed by atoms with Crippen LogP contribution in [0.3, 0.4) is 0 Å². The summed E-state index contributed by atoms with van der Waals surface area (Å²) >= 11 is 0. The number of hydrogen-bond acceptors (Lipinski definition) is 3. The van der Waals surface area contributed by atoms with Gasteiger partial charge in [0.15, 0.2) is 0 Å². The molecular formula is C22H23FN4O2. The average Bonchev–Trinajstić information content (AvgIpc) is 3.10. The largest absolute Gasteiger partial charge is 0.343 e. The third-order valence-corrected chi connectivity index (χ3v) is 5.50. The maximum atomic E-state index is 13.9. The number of amides is 1. The molecule has 1 amide bonds. The van der Waals surface area contributed by atoms with E-state index in [1.54, 1.807) is 21.6 Å². The van der Waals surface area contributed by atoms with Gasteiger partial charge in [-0.3, -0.25) is 9.36 Å². The predicted octanol–water partition coefficient (Wildman–Crippen LogP) is 3.09. The molecule has 1 aliphatic heterocycles. The number of aromatic nitrogens is 3. The Hall–Kier alpha value is -3.22. The maximum absolute atomic E-state index is 13.9. The molecule has 0 atom stereocenters. The Morgan fingerprint density at radius 3 is 2.52 bits per heavy atom. The number of H-pyrrole nitrogens is 1. The quantitative estimate of drug-likeness (QED) is 0.739. The zero-order valence-electron chi connectivity index (χ0n) is 16.3. The lowest BCUT2D eigenvalue weighted by Gasteiger charge is -2.31. The monoisotopic (exact) mass is 394 g/mol. The van der Waals surface area contributed by atoms with Gasteiger partial charge in [-0.2, -0.15) is 5.10 Å². The molecule has 0 aliphatic carbocycles. The van der Waals surface area contributed by atoms with Gasteiger partial charge in [-0.25, -0.2) is 14.3 Å². The van der Waals surface area contributed by atoms with Gasteiger partial charge in [0, 0.05) is 19.0 Å². The molecule has 2 heterocycles. The highest BCUT2D eigenvalue weighted by molar-refractivity contribution is 5.94. The number of likely N-dealkylation sites (tertiary alicyclic amines) is 1. The Morgan fingerprint density at radius 2 is 1.83 bits per heavy atom. The highest BCUT2D eigenvalue weighted by Gasteiger charge is 2.29. The van der Waals surface area contributed by atoms with Crippen molar-refractivity contribution in [1.29, 1.82) is 0 Å². The molecule has 4 rings (SSSR count). The van der Waals surface area contributed by atoms with E-state index in [-0.39, 0.29) is 23.1 Å². The van der Waals surface area contributed by atoms with Crippen LogP contribution >= 0.6 is 0 Å². The predicted molar refractivity (Wildman–Crippen MR) is 107 cm³/mol. The van der Waals surface area contributed by atoms with Gasteiger partial charge in [0.2, 0.25) is 0 Å². The van der Waals surface area contributed by atoms with Crippen molar-refractivity contribution in [3.63, 3.8) is 0 Å². The van der Waals surface area contributed by atoms with Crippen LogP contribution in [0.1, 0.15) is 46.1 Å². The minimum absolute atomic E-state index is 0.0732. The molecule has 6 nitrogen and oxygen atoms in total. The molecule has 0 saturated carbocycles. The minimum atomic E-state index is -0.501. The van der Waals surface area contributed by atoms with Crippen LogP contribution in [-0.4, -0.2) is 38.7 Å². The average molecular weight is 394 g/mol. The summed E-state index contributed by atoms with van der Waals surface area (Å²) in [5.41, 5.74) is 2.07.